The number of anilines is 2. The molecule has 3 aromatic carbocycles. The Morgan fingerprint density at radius 3 is 2.27 bits per heavy atom. The Balaban J connectivity index is 1.48. The van der Waals surface area contributed by atoms with Crippen molar-refractivity contribution in [3.63, 3.8) is 0 Å². The number of rotatable bonds is 5. The summed E-state index contributed by atoms with van der Waals surface area (Å²) < 4.78 is 13.5. The van der Waals surface area contributed by atoms with Crippen LogP contribution in [0.2, 0.25) is 0 Å². The van der Waals surface area contributed by atoms with Crippen molar-refractivity contribution in [3.05, 3.63) is 95.8 Å². The van der Waals surface area contributed by atoms with Crippen molar-refractivity contribution in [2.24, 2.45) is 17.8 Å². The van der Waals surface area contributed by atoms with Crippen LogP contribution in [-0.2, 0) is 26.5 Å². The fourth-order valence-corrected chi connectivity index (χ4v) is 6.42. The third-order valence-corrected chi connectivity index (χ3v) is 7.86. The number of fused-ring (bicyclic) bond motifs is 4. The zero-order valence-electron chi connectivity index (χ0n) is 20.7. The largest absolute Gasteiger partial charge is 0.306 e. The zero-order valence-corrected chi connectivity index (χ0v) is 20.7. The maximum atomic E-state index is 14.4. The molecule has 0 bridgehead atoms. The Morgan fingerprint density at radius 1 is 0.892 bits per heavy atom. The predicted octanol–water partition coefficient (Wildman–Crippen LogP) is 4.39. The first-order valence-corrected chi connectivity index (χ1v) is 12.7. The van der Waals surface area contributed by atoms with Gasteiger partial charge in [-0.1, -0.05) is 62.4 Å². The molecule has 1 spiro atoms. The first kappa shape index (κ1) is 23.6. The lowest BCUT2D eigenvalue weighted by atomic mass is 9.76. The van der Waals surface area contributed by atoms with Gasteiger partial charge in [0.25, 0.3) is 5.91 Å². The summed E-state index contributed by atoms with van der Waals surface area (Å²) in [5.41, 5.74) is 1.35. The molecule has 188 valence electrons. The number of para-hydroxylation sites is 2. The van der Waals surface area contributed by atoms with E-state index in [4.69, 9.17) is 0 Å². The fraction of sp³-hybridized carbons (Fsp3) is 0.300. The second kappa shape index (κ2) is 8.63. The van der Waals surface area contributed by atoms with Gasteiger partial charge >= 0.3 is 0 Å². The number of nitrogens with one attached hydrogen (secondary N) is 1. The summed E-state index contributed by atoms with van der Waals surface area (Å²) in [6.45, 7) is 4.38. The minimum Gasteiger partial charge on any atom is -0.306 e. The van der Waals surface area contributed by atoms with E-state index >= 15 is 0 Å². The van der Waals surface area contributed by atoms with Gasteiger partial charge in [0.1, 0.15) is 11.4 Å². The molecule has 3 aliphatic heterocycles. The highest BCUT2D eigenvalue weighted by Crippen LogP contribution is 2.56. The molecular weight excluding hydrogens is 469 g/mol. The number of hydrogen-bond donors (Lipinski definition) is 1. The normalized spacial score (nSPS) is 26.5. The molecule has 4 atom stereocenters. The number of hydrogen-bond acceptors (Lipinski definition) is 4. The van der Waals surface area contributed by atoms with Gasteiger partial charge in [-0.15, -0.1) is 0 Å². The lowest BCUT2D eigenvalue weighted by molar-refractivity contribution is -0.132. The minimum atomic E-state index is -1.35. The summed E-state index contributed by atoms with van der Waals surface area (Å²) in [7, 11) is 0. The standard InChI is InChI=1S/C30H28FN3O3/c1-18(2)16-23-25-26(28(36)34(27(25)35)21-8-4-3-5-9-21)30(32-23)22-10-6-7-11-24(22)33(29(30)37)17-19-12-14-20(31)15-13-19/h3-15,18,23,25-26,32H,16-17H2,1-2H3/t23-,25+,26+,30-/m0/s1. The lowest BCUT2D eigenvalue weighted by Crippen LogP contribution is -2.55. The van der Waals surface area contributed by atoms with Crippen molar-refractivity contribution in [1.82, 2.24) is 5.32 Å². The van der Waals surface area contributed by atoms with Gasteiger partial charge in [0, 0.05) is 17.3 Å². The topological polar surface area (TPSA) is 69.7 Å². The zero-order chi connectivity index (χ0) is 25.9. The second-order valence-electron chi connectivity index (χ2n) is 10.6. The van der Waals surface area contributed by atoms with E-state index in [0.717, 1.165) is 5.56 Å². The van der Waals surface area contributed by atoms with Crippen LogP contribution < -0.4 is 15.1 Å². The molecule has 6 rings (SSSR count). The summed E-state index contributed by atoms with van der Waals surface area (Å²) >= 11 is 0. The molecule has 0 unspecified atom stereocenters. The van der Waals surface area contributed by atoms with Crippen LogP contribution in [0.1, 0.15) is 31.4 Å². The average molecular weight is 498 g/mol. The lowest BCUT2D eigenvalue weighted by Gasteiger charge is -2.31. The van der Waals surface area contributed by atoms with Crippen molar-refractivity contribution in [2.45, 2.75) is 38.4 Å². The SMILES string of the molecule is CC(C)C[C@@H]1N[C@]2(C(=O)N(Cc3ccc(F)cc3)c3ccccc32)[C@H]2C(=O)N(c3ccccc3)C(=O)[C@H]12. The van der Waals surface area contributed by atoms with Gasteiger partial charge in [0.05, 0.1) is 24.1 Å². The van der Waals surface area contributed by atoms with Gasteiger partial charge in [-0.25, -0.2) is 9.29 Å². The summed E-state index contributed by atoms with van der Waals surface area (Å²) in [6, 6.07) is 22.1. The van der Waals surface area contributed by atoms with E-state index in [-0.39, 0.29) is 42.0 Å². The molecule has 2 fully saturated rings. The van der Waals surface area contributed by atoms with E-state index in [1.807, 2.05) is 30.3 Å². The number of carbonyl (C=O) groups is 3. The molecule has 0 aromatic heterocycles. The van der Waals surface area contributed by atoms with Crippen LogP contribution >= 0.6 is 0 Å². The highest BCUT2D eigenvalue weighted by molar-refractivity contribution is 6.26. The van der Waals surface area contributed by atoms with Gasteiger partial charge in [-0.05, 0) is 48.2 Å². The van der Waals surface area contributed by atoms with E-state index in [2.05, 4.69) is 19.2 Å². The average Bonchev–Trinajstić information content (AvgIpc) is 3.44. The van der Waals surface area contributed by atoms with Gasteiger partial charge in [0.2, 0.25) is 11.8 Å². The molecule has 0 aliphatic carbocycles. The number of amides is 3. The van der Waals surface area contributed by atoms with Gasteiger partial charge < -0.3 is 4.90 Å². The van der Waals surface area contributed by atoms with Crippen LogP contribution in [0.15, 0.2) is 78.9 Å². The quantitative estimate of drug-likeness (QED) is 0.531. The summed E-state index contributed by atoms with van der Waals surface area (Å²) in [5.74, 6) is -2.49. The van der Waals surface area contributed by atoms with E-state index in [0.29, 0.717) is 23.4 Å². The maximum absolute atomic E-state index is 14.4. The molecule has 0 radical (unpaired) electrons. The van der Waals surface area contributed by atoms with Gasteiger partial charge in [-0.2, -0.15) is 0 Å². The third-order valence-electron chi connectivity index (χ3n) is 7.86. The second-order valence-corrected chi connectivity index (χ2v) is 10.6. The minimum absolute atomic E-state index is 0.232. The molecule has 3 amide bonds. The fourth-order valence-electron chi connectivity index (χ4n) is 6.42. The van der Waals surface area contributed by atoms with Crippen LogP contribution in [0.4, 0.5) is 15.8 Å². The Labute approximate surface area is 215 Å². The Hall–Kier alpha value is -3.84. The Kier molecular flexibility index (Phi) is 5.49. The summed E-state index contributed by atoms with van der Waals surface area (Å²) in [4.78, 5) is 45.3. The van der Waals surface area contributed by atoms with E-state index < -0.39 is 17.4 Å². The Bertz CT molecular complexity index is 1390. The van der Waals surface area contributed by atoms with Crippen LogP contribution in [0.25, 0.3) is 0 Å². The number of nitrogens with zero attached hydrogens (tertiary/aromatic N) is 2. The molecule has 1 N–H and O–H groups in total. The molecule has 2 saturated heterocycles. The van der Waals surface area contributed by atoms with Crippen molar-refractivity contribution in [2.75, 3.05) is 9.80 Å². The van der Waals surface area contributed by atoms with Crippen LogP contribution in [0.5, 0.6) is 0 Å². The van der Waals surface area contributed by atoms with Crippen molar-refractivity contribution in [3.8, 4) is 0 Å². The maximum Gasteiger partial charge on any atom is 0.253 e. The molecule has 3 heterocycles. The van der Waals surface area contributed by atoms with Crippen LogP contribution in [-0.4, -0.2) is 23.8 Å². The van der Waals surface area contributed by atoms with Crippen molar-refractivity contribution >= 4 is 29.1 Å². The molecular formula is C30H28FN3O3. The highest BCUT2D eigenvalue weighted by atomic mass is 19.1. The van der Waals surface area contributed by atoms with E-state index in [1.54, 1.807) is 41.3 Å². The van der Waals surface area contributed by atoms with Crippen LogP contribution in [0.3, 0.4) is 0 Å². The molecule has 7 heteroatoms. The Morgan fingerprint density at radius 2 is 1.57 bits per heavy atom. The van der Waals surface area contributed by atoms with Crippen molar-refractivity contribution in [1.29, 1.82) is 0 Å². The smallest absolute Gasteiger partial charge is 0.253 e. The monoisotopic (exact) mass is 497 g/mol. The first-order valence-electron chi connectivity index (χ1n) is 12.7. The first-order chi connectivity index (χ1) is 17.8. The van der Waals surface area contributed by atoms with E-state index in [1.165, 1.54) is 17.0 Å². The molecule has 3 aliphatic rings. The molecule has 6 nitrogen and oxygen atoms in total. The third kappa shape index (κ3) is 3.44. The van der Waals surface area contributed by atoms with Crippen LogP contribution in [0, 0.1) is 23.6 Å². The van der Waals surface area contributed by atoms with E-state index in [9.17, 15) is 18.8 Å². The number of carbonyl (C=O) groups excluding carboxylic acids is 3. The predicted molar refractivity (Wildman–Crippen MR) is 138 cm³/mol. The highest BCUT2D eigenvalue weighted by Gasteiger charge is 2.71. The summed E-state index contributed by atoms with van der Waals surface area (Å²) in [6.07, 6.45) is 0.651. The van der Waals surface area contributed by atoms with Gasteiger partial charge in [-0.3, -0.25) is 19.7 Å². The van der Waals surface area contributed by atoms with Gasteiger partial charge in [0.15, 0.2) is 0 Å². The molecule has 0 saturated carbocycles. The number of benzene rings is 3. The van der Waals surface area contributed by atoms with Crippen molar-refractivity contribution < 1.29 is 18.8 Å². The molecule has 37 heavy (non-hydrogen) atoms. The number of imide groups is 1. The summed E-state index contributed by atoms with van der Waals surface area (Å²) in [5, 5.41) is 3.54. The number of halogens is 1. The molecule has 3 aromatic rings.